The number of para-hydroxylation sites is 3. The summed E-state index contributed by atoms with van der Waals surface area (Å²) in [5.41, 5.74) is 2.64. The fraction of sp³-hybridized carbons (Fsp3) is 0.217. The van der Waals surface area contributed by atoms with Gasteiger partial charge in [-0.15, -0.1) is 0 Å². The van der Waals surface area contributed by atoms with Gasteiger partial charge in [-0.25, -0.2) is 4.79 Å². The van der Waals surface area contributed by atoms with Crippen LogP contribution < -0.4 is 38.5 Å². The Hall–Kier alpha value is -2.61. The molecule has 0 saturated carbocycles. The predicted octanol–water partition coefficient (Wildman–Crippen LogP) is 1.13. The molecule has 0 spiro atoms. The van der Waals surface area contributed by atoms with Crippen LogP contribution in [-0.2, 0) is 4.79 Å². The fourth-order valence-corrected chi connectivity index (χ4v) is 3.75. The van der Waals surface area contributed by atoms with Crippen LogP contribution in [0.1, 0.15) is 20.8 Å². The van der Waals surface area contributed by atoms with Crippen molar-refractivity contribution >= 4 is 23.1 Å². The first-order valence-corrected chi connectivity index (χ1v) is 9.62. The lowest BCUT2D eigenvalue weighted by Gasteiger charge is -2.15. The van der Waals surface area contributed by atoms with Crippen molar-refractivity contribution in [3.63, 3.8) is 0 Å². The van der Waals surface area contributed by atoms with Gasteiger partial charge >= 0.3 is 5.91 Å². The maximum absolute atomic E-state index is 13.0. The number of amidine groups is 1. The number of allylic oxidation sites excluding steroid dienone is 2. The van der Waals surface area contributed by atoms with Crippen LogP contribution in [0.2, 0.25) is 0 Å². The summed E-state index contributed by atoms with van der Waals surface area (Å²) < 4.78 is 7.81. The minimum absolute atomic E-state index is 0. The standard InChI is InChI=1S/C23H24N3O2.HI/c1-4-24-17(3)26(18-11-7-6-8-12-18)20(23(24)27)15-16-22-25(5-2)19-13-9-10-14-21(19)28-22;/h6-16H,4-5H2,1-3H3;1H/q+1;/p-1. The minimum Gasteiger partial charge on any atom is -1.00 e. The molecule has 2 aliphatic rings. The van der Waals surface area contributed by atoms with Crippen molar-refractivity contribution in [2.45, 2.75) is 20.8 Å². The van der Waals surface area contributed by atoms with E-state index in [9.17, 15) is 4.79 Å². The highest BCUT2D eigenvalue weighted by molar-refractivity contribution is 6.12. The third kappa shape index (κ3) is 3.69. The van der Waals surface area contributed by atoms with Crippen LogP contribution in [0.4, 0.5) is 11.4 Å². The molecule has 0 atom stereocenters. The van der Waals surface area contributed by atoms with Crippen LogP contribution in [0.5, 0.6) is 5.75 Å². The quantitative estimate of drug-likeness (QED) is 0.358. The number of carbonyl (C=O) groups is 1. The van der Waals surface area contributed by atoms with E-state index in [4.69, 9.17) is 4.74 Å². The van der Waals surface area contributed by atoms with E-state index < -0.39 is 0 Å². The van der Waals surface area contributed by atoms with Crippen LogP contribution in [-0.4, -0.2) is 29.4 Å². The van der Waals surface area contributed by atoms with Crippen molar-refractivity contribution in [3.8, 4) is 5.75 Å². The largest absolute Gasteiger partial charge is 1.00 e. The zero-order valence-electron chi connectivity index (χ0n) is 16.8. The molecule has 0 N–H and O–H groups in total. The Bertz CT molecular complexity index is 1010. The van der Waals surface area contributed by atoms with Gasteiger partial charge in [0.05, 0.1) is 12.2 Å². The molecule has 0 unspecified atom stereocenters. The first-order chi connectivity index (χ1) is 13.7. The van der Waals surface area contributed by atoms with Gasteiger partial charge in [-0.2, -0.15) is 9.48 Å². The summed E-state index contributed by atoms with van der Waals surface area (Å²) in [4.78, 5) is 17.1. The molecule has 0 fully saturated rings. The van der Waals surface area contributed by atoms with Crippen LogP contribution in [0.15, 0.2) is 78.3 Å². The SMILES string of the molecule is CCN1C(=CC=C2C(=O)[N+](CC)=C(C)N2c2ccccc2)Oc2ccccc21.[I-]. The summed E-state index contributed by atoms with van der Waals surface area (Å²) in [7, 11) is 0. The second-order valence-electron chi connectivity index (χ2n) is 6.64. The van der Waals surface area contributed by atoms with Gasteiger partial charge in [0.25, 0.3) is 5.84 Å². The normalized spacial score (nSPS) is 18.4. The smallest absolute Gasteiger partial charge is 0.381 e. The number of nitrogens with zero attached hydrogens (tertiary/aromatic N) is 3. The topological polar surface area (TPSA) is 35.8 Å². The average Bonchev–Trinajstić information content (AvgIpc) is 3.20. The highest BCUT2D eigenvalue weighted by atomic mass is 127. The number of likely N-dealkylation sites (N-methyl/N-ethyl adjacent to an activating group) is 1. The number of hydrogen-bond donors (Lipinski definition) is 0. The molecule has 0 bridgehead atoms. The number of fused-ring (bicyclic) bond motifs is 1. The highest BCUT2D eigenvalue weighted by Gasteiger charge is 2.41. The lowest BCUT2D eigenvalue weighted by Crippen LogP contribution is -3.00. The van der Waals surface area contributed by atoms with Crippen molar-refractivity contribution in [2.24, 2.45) is 0 Å². The zero-order valence-corrected chi connectivity index (χ0v) is 19.0. The van der Waals surface area contributed by atoms with Crippen LogP contribution >= 0.6 is 0 Å². The fourth-order valence-electron chi connectivity index (χ4n) is 3.75. The Morgan fingerprint density at radius 3 is 2.38 bits per heavy atom. The maximum Gasteiger partial charge on any atom is 0.381 e. The number of rotatable bonds is 4. The lowest BCUT2D eigenvalue weighted by molar-refractivity contribution is -0.437. The van der Waals surface area contributed by atoms with Gasteiger partial charge < -0.3 is 33.6 Å². The second kappa shape index (κ2) is 8.82. The van der Waals surface area contributed by atoms with E-state index in [1.807, 2.05) is 85.5 Å². The predicted molar refractivity (Wildman–Crippen MR) is 112 cm³/mol. The number of anilines is 2. The molecule has 2 heterocycles. The second-order valence-corrected chi connectivity index (χ2v) is 6.64. The van der Waals surface area contributed by atoms with Gasteiger partial charge in [-0.05, 0) is 44.2 Å². The van der Waals surface area contributed by atoms with Gasteiger partial charge in [-0.3, -0.25) is 0 Å². The summed E-state index contributed by atoms with van der Waals surface area (Å²) in [6.07, 6.45) is 3.75. The van der Waals surface area contributed by atoms with E-state index in [2.05, 4.69) is 11.8 Å². The molecule has 2 aromatic rings. The van der Waals surface area contributed by atoms with Crippen molar-refractivity contribution in [1.29, 1.82) is 0 Å². The Labute approximate surface area is 188 Å². The first kappa shape index (κ1) is 21.1. The molecule has 0 aliphatic carbocycles. The molecular weight excluding hydrogens is 477 g/mol. The van der Waals surface area contributed by atoms with Crippen molar-refractivity contribution < 1.29 is 38.1 Å². The molecule has 29 heavy (non-hydrogen) atoms. The monoisotopic (exact) mass is 501 g/mol. The van der Waals surface area contributed by atoms with E-state index in [0.717, 1.165) is 35.4 Å². The molecule has 2 aliphatic heterocycles. The number of ether oxygens (including phenoxy) is 1. The molecule has 1 amide bonds. The average molecular weight is 501 g/mol. The zero-order chi connectivity index (χ0) is 19.7. The lowest BCUT2D eigenvalue weighted by atomic mass is 10.2. The molecule has 5 nitrogen and oxygen atoms in total. The molecule has 0 aromatic heterocycles. The molecule has 4 rings (SSSR count). The third-order valence-electron chi connectivity index (χ3n) is 5.09. The van der Waals surface area contributed by atoms with E-state index in [1.54, 1.807) is 4.58 Å². The molecular formula is C23H24IN3O2. The summed E-state index contributed by atoms with van der Waals surface area (Å²) in [5.74, 6) is 2.47. The molecule has 0 radical (unpaired) electrons. The van der Waals surface area contributed by atoms with E-state index in [0.29, 0.717) is 12.2 Å². The van der Waals surface area contributed by atoms with Gasteiger partial charge in [0.15, 0.2) is 5.75 Å². The van der Waals surface area contributed by atoms with Crippen LogP contribution in [0.3, 0.4) is 0 Å². The van der Waals surface area contributed by atoms with E-state index >= 15 is 0 Å². The van der Waals surface area contributed by atoms with Gasteiger partial charge in [0.2, 0.25) is 11.6 Å². The molecule has 150 valence electrons. The Balaban J connectivity index is 0.00000240. The van der Waals surface area contributed by atoms with Crippen molar-refractivity contribution in [1.82, 2.24) is 0 Å². The van der Waals surface area contributed by atoms with Crippen molar-refractivity contribution in [3.05, 3.63) is 78.3 Å². The number of carbonyl (C=O) groups excluding carboxylic acids is 1. The van der Waals surface area contributed by atoms with Gasteiger partial charge in [0.1, 0.15) is 5.69 Å². The van der Waals surface area contributed by atoms with Crippen LogP contribution in [0.25, 0.3) is 0 Å². The number of halogens is 1. The molecule has 0 saturated heterocycles. The number of amides is 1. The first-order valence-electron chi connectivity index (χ1n) is 9.62. The minimum atomic E-state index is -0.000683. The van der Waals surface area contributed by atoms with E-state index in [1.165, 1.54) is 0 Å². The third-order valence-corrected chi connectivity index (χ3v) is 5.09. The van der Waals surface area contributed by atoms with Crippen molar-refractivity contribution in [2.75, 3.05) is 22.9 Å². The van der Waals surface area contributed by atoms with Gasteiger partial charge in [0, 0.05) is 19.5 Å². The Morgan fingerprint density at radius 1 is 1.00 bits per heavy atom. The summed E-state index contributed by atoms with van der Waals surface area (Å²) in [5, 5.41) is 0. The van der Waals surface area contributed by atoms with Crippen LogP contribution in [0, 0.1) is 0 Å². The number of benzene rings is 2. The molecule has 2 aromatic carbocycles. The van der Waals surface area contributed by atoms with E-state index in [-0.39, 0.29) is 29.9 Å². The summed E-state index contributed by atoms with van der Waals surface area (Å²) >= 11 is 0. The summed E-state index contributed by atoms with van der Waals surface area (Å²) in [6.45, 7) is 7.46. The Morgan fingerprint density at radius 2 is 1.69 bits per heavy atom. The summed E-state index contributed by atoms with van der Waals surface area (Å²) in [6, 6.07) is 17.9. The molecule has 6 heteroatoms. The highest BCUT2D eigenvalue weighted by Crippen LogP contribution is 2.38. The number of hydrogen-bond acceptors (Lipinski definition) is 4. The maximum atomic E-state index is 13.0. The Kier molecular flexibility index (Phi) is 6.42. The van der Waals surface area contributed by atoms with Gasteiger partial charge in [-0.1, -0.05) is 30.3 Å².